The van der Waals surface area contributed by atoms with Gasteiger partial charge >= 0.3 is 11.9 Å². The Morgan fingerprint density at radius 3 is 2.20 bits per heavy atom. The Kier molecular flexibility index (Phi) is 5.35. The second-order valence-electron chi connectivity index (χ2n) is 5.49. The highest BCUT2D eigenvalue weighted by Crippen LogP contribution is 2.44. The van der Waals surface area contributed by atoms with Crippen molar-refractivity contribution in [1.29, 1.82) is 0 Å². The number of carbonyl (C=O) groups is 3. The number of ether oxygens (including phenoxy) is 2. The van der Waals surface area contributed by atoms with Crippen LogP contribution in [-0.2, 0) is 29.3 Å². The predicted molar refractivity (Wildman–Crippen MR) is 85.9 cm³/mol. The molecule has 134 valence electrons. The van der Waals surface area contributed by atoms with Gasteiger partial charge < -0.3 is 14.8 Å². The van der Waals surface area contributed by atoms with E-state index in [9.17, 15) is 24.5 Å². The molecule has 1 aromatic rings. The lowest BCUT2D eigenvalue weighted by molar-refractivity contribution is -0.384. The molecule has 1 aliphatic heterocycles. The molecule has 0 radical (unpaired) electrons. The summed E-state index contributed by atoms with van der Waals surface area (Å²) >= 11 is 0. The van der Waals surface area contributed by atoms with Crippen molar-refractivity contribution in [1.82, 2.24) is 0 Å². The summed E-state index contributed by atoms with van der Waals surface area (Å²) in [5, 5.41) is 13.6. The number of benzene rings is 1. The number of esters is 2. The van der Waals surface area contributed by atoms with Crippen LogP contribution in [-0.4, -0.2) is 36.0 Å². The van der Waals surface area contributed by atoms with Crippen molar-refractivity contribution in [3.8, 4) is 0 Å². The maximum Gasteiger partial charge on any atom is 0.307 e. The Hall–Kier alpha value is -2.97. The zero-order valence-electron chi connectivity index (χ0n) is 13.9. The van der Waals surface area contributed by atoms with Gasteiger partial charge in [-0.05, 0) is 25.5 Å². The smallest absolute Gasteiger partial charge is 0.307 e. The molecule has 9 nitrogen and oxygen atoms in total. The Labute approximate surface area is 143 Å². The van der Waals surface area contributed by atoms with Crippen molar-refractivity contribution < 1.29 is 28.8 Å². The molecule has 0 fully saturated rings. The molecule has 0 saturated carbocycles. The summed E-state index contributed by atoms with van der Waals surface area (Å²) in [6.07, 6.45) is -0.834. The van der Waals surface area contributed by atoms with E-state index in [1.165, 1.54) is 18.2 Å². The average Bonchev–Trinajstić information content (AvgIpc) is 2.79. The molecule has 1 aromatic carbocycles. The molecular weight excluding hydrogens is 332 g/mol. The monoisotopic (exact) mass is 350 g/mol. The molecule has 0 atom stereocenters. The summed E-state index contributed by atoms with van der Waals surface area (Å²) < 4.78 is 9.81. The van der Waals surface area contributed by atoms with Crippen molar-refractivity contribution in [2.24, 2.45) is 0 Å². The summed E-state index contributed by atoms with van der Waals surface area (Å²) in [6.45, 7) is 3.45. The largest absolute Gasteiger partial charge is 0.466 e. The lowest BCUT2D eigenvalue weighted by atomic mass is 9.75. The highest BCUT2D eigenvalue weighted by molar-refractivity contribution is 6.10. The average molecular weight is 350 g/mol. The van der Waals surface area contributed by atoms with E-state index in [1.807, 2.05) is 0 Å². The Morgan fingerprint density at radius 2 is 1.72 bits per heavy atom. The Balaban J connectivity index is 2.52. The van der Waals surface area contributed by atoms with Crippen LogP contribution in [0.1, 0.15) is 32.3 Å². The van der Waals surface area contributed by atoms with E-state index in [0.29, 0.717) is 5.69 Å². The molecule has 0 spiro atoms. The molecule has 1 heterocycles. The third-order valence-electron chi connectivity index (χ3n) is 3.92. The van der Waals surface area contributed by atoms with Crippen LogP contribution >= 0.6 is 0 Å². The summed E-state index contributed by atoms with van der Waals surface area (Å²) in [5.74, 6) is -1.95. The number of nitro groups is 1. The first-order valence-corrected chi connectivity index (χ1v) is 7.75. The fraction of sp³-hybridized carbons (Fsp3) is 0.438. The molecule has 0 aromatic heterocycles. The number of nitro benzene ring substituents is 1. The molecular formula is C16H18N2O7. The van der Waals surface area contributed by atoms with Crippen LogP contribution in [0.15, 0.2) is 18.2 Å². The van der Waals surface area contributed by atoms with E-state index >= 15 is 0 Å². The van der Waals surface area contributed by atoms with Crippen LogP contribution in [0, 0.1) is 10.1 Å². The van der Waals surface area contributed by atoms with Gasteiger partial charge in [-0.1, -0.05) is 0 Å². The second-order valence-corrected chi connectivity index (χ2v) is 5.49. The molecule has 9 heteroatoms. The van der Waals surface area contributed by atoms with Crippen LogP contribution in [0.5, 0.6) is 0 Å². The van der Waals surface area contributed by atoms with Gasteiger partial charge in [-0.3, -0.25) is 24.5 Å². The van der Waals surface area contributed by atoms with Crippen molar-refractivity contribution in [2.75, 3.05) is 18.5 Å². The van der Waals surface area contributed by atoms with Crippen molar-refractivity contribution >= 4 is 29.2 Å². The number of nitrogens with zero attached hydrogens (tertiary/aromatic N) is 1. The second kappa shape index (κ2) is 7.29. The zero-order chi connectivity index (χ0) is 18.6. The molecule has 0 aliphatic carbocycles. The predicted octanol–water partition coefficient (Wildman–Crippen LogP) is 1.69. The van der Waals surface area contributed by atoms with E-state index < -0.39 is 41.0 Å². The minimum Gasteiger partial charge on any atom is -0.466 e. The van der Waals surface area contributed by atoms with Gasteiger partial charge in [-0.2, -0.15) is 0 Å². The highest BCUT2D eigenvalue weighted by Gasteiger charge is 2.51. The molecule has 25 heavy (non-hydrogen) atoms. The number of hydrogen-bond donors (Lipinski definition) is 1. The molecule has 1 amide bonds. The number of non-ortho nitro benzene ring substituents is 1. The van der Waals surface area contributed by atoms with Crippen molar-refractivity contribution in [3.05, 3.63) is 33.9 Å². The topological polar surface area (TPSA) is 125 Å². The maximum atomic E-state index is 12.6. The van der Waals surface area contributed by atoms with Crippen molar-refractivity contribution in [2.45, 2.75) is 32.1 Å². The molecule has 0 bridgehead atoms. The maximum absolute atomic E-state index is 12.6. The van der Waals surface area contributed by atoms with Crippen LogP contribution in [0.25, 0.3) is 0 Å². The third kappa shape index (κ3) is 3.59. The zero-order valence-corrected chi connectivity index (χ0v) is 13.9. The number of carbonyl (C=O) groups excluding carboxylic acids is 3. The first-order valence-electron chi connectivity index (χ1n) is 7.75. The SMILES string of the molecule is CCOC(=O)CC1(CC(=O)OCC)C(=O)Nc2ccc([N+](=O)[O-])cc21. The summed E-state index contributed by atoms with van der Waals surface area (Å²) in [7, 11) is 0. The van der Waals surface area contributed by atoms with E-state index in [2.05, 4.69) is 5.32 Å². The van der Waals surface area contributed by atoms with Gasteiger partial charge in [-0.15, -0.1) is 0 Å². The third-order valence-corrected chi connectivity index (χ3v) is 3.92. The Morgan fingerprint density at radius 1 is 1.16 bits per heavy atom. The van der Waals surface area contributed by atoms with E-state index in [4.69, 9.17) is 9.47 Å². The van der Waals surface area contributed by atoms with Crippen molar-refractivity contribution in [3.63, 3.8) is 0 Å². The van der Waals surface area contributed by atoms with Gasteiger partial charge in [0.25, 0.3) is 5.69 Å². The number of hydrogen-bond acceptors (Lipinski definition) is 7. The minimum atomic E-state index is -1.60. The van der Waals surface area contributed by atoms with Crippen LogP contribution < -0.4 is 5.32 Å². The molecule has 1 N–H and O–H groups in total. The van der Waals surface area contributed by atoms with Crippen LogP contribution in [0.2, 0.25) is 0 Å². The standard InChI is InChI=1S/C16H18N2O7/c1-3-24-13(19)8-16(9-14(20)25-4-2)11-7-10(18(22)23)5-6-12(11)17-15(16)21/h5-7H,3-4,8-9H2,1-2H3,(H,17,21). The number of nitrogens with one attached hydrogen (secondary N) is 1. The minimum absolute atomic E-state index is 0.109. The highest BCUT2D eigenvalue weighted by atomic mass is 16.6. The number of amides is 1. The number of rotatable bonds is 7. The fourth-order valence-corrected chi connectivity index (χ4v) is 2.85. The van der Waals surface area contributed by atoms with Gasteiger partial charge in [0.05, 0.1) is 36.4 Å². The lowest BCUT2D eigenvalue weighted by Gasteiger charge is -2.25. The van der Waals surface area contributed by atoms with Crippen LogP contribution in [0.4, 0.5) is 11.4 Å². The normalized spacial score (nSPS) is 14.4. The van der Waals surface area contributed by atoms with Gasteiger partial charge in [0, 0.05) is 17.8 Å². The van der Waals surface area contributed by atoms with E-state index in [-0.39, 0.29) is 24.5 Å². The summed E-state index contributed by atoms with van der Waals surface area (Å²) in [5.41, 5.74) is -1.30. The lowest BCUT2D eigenvalue weighted by Crippen LogP contribution is -2.40. The Bertz CT molecular complexity index is 709. The molecule has 2 rings (SSSR count). The number of anilines is 1. The molecule has 0 saturated heterocycles. The van der Waals surface area contributed by atoms with Gasteiger partial charge in [-0.25, -0.2) is 0 Å². The van der Waals surface area contributed by atoms with E-state index in [1.54, 1.807) is 13.8 Å². The first kappa shape index (κ1) is 18.4. The van der Waals surface area contributed by atoms with Gasteiger partial charge in [0.2, 0.25) is 5.91 Å². The van der Waals surface area contributed by atoms with E-state index in [0.717, 1.165) is 0 Å². The molecule has 1 aliphatic rings. The number of fused-ring (bicyclic) bond motifs is 1. The molecule has 0 unspecified atom stereocenters. The first-order chi connectivity index (χ1) is 11.8. The van der Waals surface area contributed by atoms with Gasteiger partial charge in [0.15, 0.2) is 0 Å². The summed E-state index contributed by atoms with van der Waals surface area (Å²) in [4.78, 5) is 47.1. The van der Waals surface area contributed by atoms with Gasteiger partial charge in [0.1, 0.15) is 0 Å². The fourth-order valence-electron chi connectivity index (χ4n) is 2.85. The quantitative estimate of drug-likeness (QED) is 0.450. The van der Waals surface area contributed by atoms with Crippen LogP contribution in [0.3, 0.4) is 0 Å². The summed E-state index contributed by atoms with van der Waals surface area (Å²) in [6, 6.07) is 3.82.